The maximum Gasteiger partial charge on any atom is 0.251 e. The largest absolute Gasteiger partial charge is 0.348 e. The van der Waals surface area contributed by atoms with E-state index in [1.54, 1.807) is 11.3 Å². The Morgan fingerprint density at radius 3 is 2.83 bits per heavy atom. The van der Waals surface area contributed by atoms with E-state index in [2.05, 4.69) is 27.3 Å². The summed E-state index contributed by atoms with van der Waals surface area (Å²) in [7, 11) is 0. The minimum Gasteiger partial charge on any atom is -0.348 e. The monoisotopic (exact) mass is 337 g/mol. The lowest BCUT2D eigenvalue weighted by Gasteiger charge is -2.21. The number of thiophene rings is 1. The number of benzene rings is 1. The number of nitrogens with one attached hydrogen (secondary N) is 2. The molecule has 1 amide bonds. The molecule has 24 heavy (non-hydrogen) atoms. The van der Waals surface area contributed by atoms with Crippen molar-refractivity contribution in [2.45, 2.75) is 37.4 Å². The van der Waals surface area contributed by atoms with Gasteiger partial charge in [-0.2, -0.15) is 0 Å². The summed E-state index contributed by atoms with van der Waals surface area (Å²) in [6, 6.07) is 13.5. The maximum absolute atomic E-state index is 12.6. The molecule has 5 heteroatoms. The minimum absolute atomic E-state index is 0.0463. The van der Waals surface area contributed by atoms with Crippen LogP contribution in [0.4, 0.5) is 0 Å². The number of fused-ring (bicyclic) bond motifs is 3. The third-order valence-electron chi connectivity index (χ3n) is 5.24. The standard InChI is InChI=1S/C19H19N3OS/c23-19(21-16-11-14-4-5-15(16)20-14)12-3-6-17-13(9-12)10-18(24-17)22-7-1-2-8-22/h1-3,6-10,14-16,20H,4-5,11H2,(H,21,23)/t14-,15+,16-/m1/s1. The van der Waals surface area contributed by atoms with E-state index in [9.17, 15) is 4.79 Å². The summed E-state index contributed by atoms with van der Waals surface area (Å²) in [6.07, 6.45) is 7.58. The Hall–Kier alpha value is -2.11. The molecule has 4 nitrogen and oxygen atoms in total. The van der Waals surface area contributed by atoms with Gasteiger partial charge in [0.15, 0.2) is 0 Å². The zero-order chi connectivity index (χ0) is 16.1. The fourth-order valence-corrected chi connectivity index (χ4v) is 5.02. The fourth-order valence-electron chi connectivity index (χ4n) is 4.01. The molecule has 0 spiro atoms. The van der Waals surface area contributed by atoms with E-state index in [0.29, 0.717) is 12.1 Å². The van der Waals surface area contributed by atoms with Crippen molar-refractivity contribution >= 4 is 27.3 Å². The summed E-state index contributed by atoms with van der Waals surface area (Å²) in [5, 5.41) is 9.09. The molecular formula is C19H19N3OS. The van der Waals surface area contributed by atoms with Gasteiger partial charge in [0.2, 0.25) is 0 Å². The molecule has 2 aliphatic heterocycles. The minimum atomic E-state index is 0.0463. The Morgan fingerprint density at radius 2 is 2.08 bits per heavy atom. The molecule has 0 aliphatic carbocycles. The Balaban J connectivity index is 1.39. The third kappa shape index (κ3) is 2.36. The first-order chi connectivity index (χ1) is 11.8. The third-order valence-corrected chi connectivity index (χ3v) is 6.37. The van der Waals surface area contributed by atoms with Crippen LogP contribution in [0.25, 0.3) is 15.1 Å². The normalized spacial score (nSPS) is 25.4. The van der Waals surface area contributed by atoms with Gasteiger partial charge in [0.05, 0.1) is 0 Å². The molecule has 0 unspecified atom stereocenters. The van der Waals surface area contributed by atoms with Gasteiger partial charge in [-0.05, 0) is 61.0 Å². The average molecular weight is 337 g/mol. The van der Waals surface area contributed by atoms with Crippen molar-refractivity contribution < 1.29 is 4.79 Å². The van der Waals surface area contributed by atoms with Crippen LogP contribution in [0.1, 0.15) is 29.6 Å². The number of hydrogen-bond donors (Lipinski definition) is 2. The average Bonchev–Trinajstić information content (AvgIpc) is 3.35. The highest BCUT2D eigenvalue weighted by molar-refractivity contribution is 7.21. The summed E-state index contributed by atoms with van der Waals surface area (Å²) in [5.41, 5.74) is 0.752. The second-order valence-electron chi connectivity index (χ2n) is 6.79. The first kappa shape index (κ1) is 14.3. The predicted octanol–water partition coefficient (Wildman–Crippen LogP) is 3.31. The highest BCUT2D eigenvalue weighted by Crippen LogP contribution is 2.30. The maximum atomic E-state index is 12.6. The van der Waals surface area contributed by atoms with E-state index < -0.39 is 0 Å². The van der Waals surface area contributed by atoms with Gasteiger partial charge in [0, 0.05) is 40.8 Å². The Kier molecular flexibility index (Phi) is 3.24. The number of aromatic nitrogens is 1. The van der Waals surface area contributed by atoms with Crippen LogP contribution < -0.4 is 10.6 Å². The summed E-state index contributed by atoms with van der Waals surface area (Å²) in [4.78, 5) is 12.6. The molecule has 3 aromatic rings. The number of carbonyl (C=O) groups excluding carboxylic acids is 1. The van der Waals surface area contributed by atoms with Crippen molar-refractivity contribution in [3.8, 4) is 5.00 Å². The molecule has 0 saturated carbocycles. The Labute approximate surface area is 144 Å². The van der Waals surface area contributed by atoms with Crippen molar-refractivity contribution in [1.29, 1.82) is 0 Å². The predicted molar refractivity (Wildman–Crippen MR) is 97.0 cm³/mol. The van der Waals surface area contributed by atoms with Crippen molar-refractivity contribution in [3.05, 3.63) is 54.4 Å². The SMILES string of the molecule is O=C(N[C@@H]1C[C@H]2CC[C@@H]1N2)c1ccc2sc(-n3cccc3)cc2c1. The lowest BCUT2D eigenvalue weighted by molar-refractivity contribution is 0.0931. The topological polar surface area (TPSA) is 46.1 Å². The van der Waals surface area contributed by atoms with Crippen molar-refractivity contribution in [3.63, 3.8) is 0 Å². The molecule has 4 heterocycles. The van der Waals surface area contributed by atoms with E-state index in [1.807, 2.05) is 36.7 Å². The molecule has 3 atom stereocenters. The molecule has 2 bridgehead atoms. The van der Waals surface area contributed by atoms with Gasteiger partial charge < -0.3 is 15.2 Å². The summed E-state index contributed by atoms with van der Waals surface area (Å²) in [5.74, 6) is 0.0463. The number of nitrogens with zero attached hydrogens (tertiary/aromatic N) is 1. The van der Waals surface area contributed by atoms with Gasteiger partial charge in [-0.3, -0.25) is 4.79 Å². The van der Waals surface area contributed by atoms with Crippen LogP contribution in [0.2, 0.25) is 0 Å². The Morgan fingerprint density at radius 1 is 1.21 bits per heavy atom. The number of rotatable bonds is 3. The molecule has 122 valence electrons. The second kappa shape index (κ2) is 5.46. The van der Waals surface area contributed by atoms with Crippen molar-refractivity contribution in [2.24, 2.45) is 0 Å². The first-order valence-electron chi connectivity index (χ1n) is 8.50. The van der Waals surface area contributed by atoms with Gasteiger partial charge in [0.1, 0.15) is 5.00 Å². The molecule has 5 rings (SSSR count). The zero-order valence-corrected chi connectivity index (χ0v) is 14.1. The van der Waals surface area contributed by atoms with E-state index in [0.717, 1.165) is 17.4 Å². The van der Waals surface area contributed by atoms with Gasteiger partial charge in [-0.1, -0.05) is 0 Å². The summed E-state index contributed by atoms with van der Waals surface area (Å²) >= 11 is 1.74. The van der Waals surface area contributed by atoms with Crippen LogP contribution in [-0.2, 0) is 0 Å². The zero-order valence-electron chi connectivity index (χ0n) is 13.2. The number of carbonyl (C=O) groups is 1. The first-order valence-corrected chi connectivity index (χ1v) is 9.32. The molecule has 0 radical (unpaired) electrons. The lowest BCUT2D eigenvalue weighted by atomic mass is 9.95. The molecular weight excluding hydrogens is 318 g/mol. The van der Waals surface area contributed by atoms with Crippen LogP contribution >= 0.6 is 11.3 Å². The highest BCUT2D eigenvalue weighted by atomic mass is 32.1. The molecule has 1 aromatic carbocycles. The Bertz CT molecular complexity index is 899. The number of amides is 1. The molecule has 2 aliphatic rings. The second-order valence-corrected chi connectivity index (χ2v) is 7.85. The van der Waals surface area contributed by atoms with Crippen LogP contribution in [-0.4, -0.2) is 28.6 Å². The van der Waals surface area contributed by atoms with Crippen molar-refractivity contribution in [1.82, 2.24) is 15.2 Å². The fraction of sp³-hybridized carbons (Fsp3) is 0.316. The van der Waals surface area contributed by atoms with Gasteiger partial charge in [-0.25, -0.2) is 0 Å². The summed E-state index contributed by atoms with van der Waals surface area (Å²) < 4.78 is 3.31. The lowest BCUT2D eigenvalue weighted by Crippen LogP contribution is -2.42. The van der Waals surface area contributed by atoms with Gasteiger partial charge in [-0.15, -0.1) is 11.3 Å². The number of hydrogen-bond acceptors (Lipinski definition) is 3. The van der Waals surface area contributed by atoms with Crippen LogP contribution in [0.15, 0.2) is 48.8 Å². The van der Waals surface area contributed by atoms with Crippen LogP contribution in [0.3, 0.4) is 0 Å². The quantitative estimate of drug-likeness (QED) is 0.770. The van der Waals surface area contributed by atoms with E-state index in [1.165, 1.54) is 22.5 Å². The van der Waals surface area contributed by atoms with E-state index >= 15 is 0 Å². The van der Waals surface area contributed by atoms with Gasteiger partial charge >= 0.3 is 0 Å². The molecule has 2 N–H and O–H groups in total. The van der Waals surface area contributed by atoms with Crippen LogP contribution in [0, 0.1) is 0 Å². The molecule has 2 aromatic heterocycles. The summed E-state index contributed by atoms with van der Waals surface area (Å²) in [6.45, 7) is 0. The highest BCUT2D eigenvalue weighted by Gasteiger charge is 2.39. The molecule has 2 saturated heterocycles. The smallest absolute Gasteiger partial charge is 0.251 e. The molecule has 2 fully saturated rings. The van der Waals surface area contributed by atoms with E-state index in [-0.39, 0.29) is 11.9 Å². The van der Waals surface area contributed by atoms with Crippen molar-refractivity contribution in [2.75, 3.05) is 0 Å². The van der Waals surface area contributed by atoms with E-state index in [4.69, 9.17) is 0 Å². The van der Waals surface area contributed by atoms with Gasteiger partial charge in [0.25, 0.3) is 5.91 Å². The van der Waals surface area contributed by atoms with Crippen LogP contribution in [0.5, 0.6) is 0 Å².